The molecule has 0 aliphatic rings. The first-order chi connectivity index (χ1) is 19.0. The number of nitrogens with zero attached hydrogens (tertiary/aromatic N) is 4. The van der Waals surface area contributed by atoms with E-state index in [9.17, 15) is 8.42 Å². The fraction of sp³-hybridized carbons (Fsp3) is 0.185. The number of benzene rings is 2. The van der Waals surface area contributed by atoms with Crippen LogP contribution in [0.3, 0.4) is 0 Å². The van der Waals surface area contributed by atoms with E-state index in [4.69, 9.17) is 19.3 Å². The second-order valence-electron chi connectivity index (χ2n) is 8.00. The van der Waals surface area contributed by atoms with Crippen LogP contribution in [0, 0.1) is 0 Å². The summed E-state index contributed by atoms with van der Waals surface area (Å²) in [4.78, 5) is 17.2. The molecule has 39 heavy (non-hydrogen) atoms. The second-order valence-corrected chi connectivity index (χ2v) is 9.56. The number of rotatable bonds is 13. The molecule has 2 N–H and O–H groups in total. The third-order valence-electron chi connectivity index (χ3n) is 5.15. The van der Waals surface area contributed by atoms with Crippen molar-refractivity contribution in [2.75, 3.05) is 25.0 Å². The molecule has 0 atom stereocenters. The molecule has 2 aromatic carbocycles. The van der Waals surface area contributed by atoms with Crippen molar-refractivity contribution < 1.29 is 27.7 Å². The maximum absolute atomic E-state index is 13.1. The van der Waals surface area contributed by atoms with Gasteiger partial charge in [-0.05, 0) is 42.7 Å². The van der Waals surface area contributed by atoms with Crippen LogP contribution in [0.5, 0.6) is 23.1 Å². The molecule has 0 aliphatic carbocycles. The largest absolute Gasteiger partial charge is 0.493 e. The minimum atomic E-state index is -4.07. The molecular formula is C27H27N5O6S. The molecule has 4 aromatic rings. The van der Waals surface area contributed by atoms with Gasteiger partial charge in [0, 0.05) is 19.0 Å². The summed E-state index contributed by atoms with van der Waals surface area (Å²) in [5.74, 6) is 0.547. The molecule has 2 heterocycles. The number of sulfonamides is 1. The van der Waals surface area contributed by atoms with Crippen molar-refractivity contribution in [3.8, 4) is 34.8 Å². The van der Waals surface area contributed by atoms with Crippen molar-refractivity contribution in [2.45, 2.75) is 12.8 Å². The number of hydrogen-bond acceptors (Lipinski definition) is 10. The number of para-hydroxylation sites is 2. The predicted molar refractivity (Wildman–Crippen MR) is 146 cm³/mol. The zero-order valence-corrected chi connectivity index (χ0v) is 21.9. The number of anilines is 1. The monoisotopic (exact) mass is 549 g/mol. The Labute approximate surface area is 226 Å². The highest BCUT2D eigenvalue weighted by atomic mass is 32.2. The average molecular weight is 550 g/mol. The van der Waals surface area contributed by atoms with Crippen molar-refractivity contribution in [3.63, 3.8) is 0 Å². The SMILES string of the molecule is COc1ccccc1Oc1c(NS(=O)(=O)/C=C/c2ccccc2)nc(-c2ncccn2)nc1OCCCCO. The molecular weight excluding hydrogens is 522 g/mol. The minimum absolute atomic E-state index is 0.000388. The van der Waals surface area contributed by atoms with Crippen LogP contribution in [0.2, 0.25) is 0 Å². The number of ether oxygens (including phenoxy) is 3. The lowest BCUT2D eigenvalue weighted by Gasteiger charge is -2.17. The Balaban J connectivity index is 1.80. The highest BCUT2D eigenvalue weighted by molar-refractivity contribution is 7.95. The number of methoxy groups -OCH3 is 1. The second kappa shape index (κ2) is 13.3. The number of nitrogens with one attached hydrogen (secondary N) is 1. The van der Waals surface area contributed by atoms with Crippen LogP contribution >= 0.6 is 0 Å². The van der Waals surface area contributed by atoms with Gasteiger partial charge in [-0.25, -0.2) is 23.4 Å². The Morgan fingerprint density at radius 1 is 0.897 bits per heavy atom. The fourth-order valence-electron chi connectivity index (χ4n) is 3.30. The summed E-state index contributed by atoms with van der Waals surface area (Å²) >= 11 is 0. The molecule has 0 unspecified atom stereocenters. The van der Waals surface area contributed by atoms with Gasteiger partial charge >= 0.3 is 0 Å². The minimum Gasteiger partial charge on any atom is -0.493 e. The van der Waals surface area contributed by atoms with Crippen LogP contribution in [0.25, 0.3) is 17.7 Å². The van der Waals surface area contributed by atoms with Crippen molar-refractivity contribution in [1.29, 1.82) is 0 Å². The van der Waals surface area contributed by atoms with E-state index >= 15 is 0 Å². The molecule has 0 aliphatic heterocycles. The summed E-state index contributed by atoms with van der Waals surface area (Å²) in [6.07, 6.45) is 5.51. The van der Waals surface area contributed by atoms with Gasteiger partial charge in [-0.1, -0.05) is 42.5 Å². The van der Waals surface area contributed by atoms with Gasteiger partial charge < -0.3 is 19.3 Å². The van der Waals surface area contributed by atoms with Crippen LogP contribution in [-0.2, 0) is 10.0 Å². The van der Waals surface area contributed by atoms with Gasteiger partial charge in [0.15, 0.2) is 23.1 Å². The first kappa shape index (κ1) is 27.5. The lowest BCUT2D eigenvalue weighted by Crippen LogP contribution is -2.14. The molecule has 0 spiro atoms. The number of hydrogen-bond donors (Lipinski definition) is 2. The van der Waals surface area contributed by atoms with E-state index in [0.29, 0.717) is 24.2 Å². The molecule has 11 nitrogen and oxygen atoms in total. The van der Waals surface area contributed by atoms with E-state index in [-0.39, 0.29) is 48.1 Å². The smallest absolute Gasteiger partial charge is 0.263 e. The number of aromatic nitrogens is 4. The van der Waals surface area contributed by atoms with Crippen molar-refractivity contribution in [3.05, 3.63) is 84.0 Å². The Hall–Kier alpha value is -4.55. The van der Waals surface area contributed by atoms with Gasteiger partial charge in [0.1, 0.15) is 0 Å². The van der Waals surface area contributed by atoms with Gasteiger partial charge in [0.05, 0.1) is 19.1 Å². The molecule has 202 valence electrons. The van der Waals surface area contributed by atoms with Crippen LogP contribution in [-0.4, -0.2) is 53.8 Å². The van der Waals surface area contributed by atoms with Crippen LogP contribution < -0.4 is 18.9 Å². The molecule has 2 aromatic heterocycles. The van der Waals surface area contributed by atoms with Gasteiger partial charge in [0.25, 0.3) is 15.9 Å². The zero-order valence-electron chi connectivity index (χ0n) is 21.1. The quantitative estimate of drug-likeness (QED) is 0.232. The van der Waals surface area contributed by atoms with Gasteiger partial charge in [-0.3, -0.25) is 4.72 Å². The lowest BCUT2D eigenvalue weighted by atomic mass is 10.2. The summed E-state index contributed by atoms with van der Waals surface area (Å²) in [5, 5.41) is 10.2. The summed E-state index contributed by atoms with van der Waals surface area (Å²) in [7, 11) is -2.58. The first-order valence-electron chi connectivity index (χ1n) is 12.0. The van der Waals surface area contributed by atoms with Gasteiger partial charge in [0.2, 0.25) is 11.6 Å². The van der Waals surface area contributed by atoms with Gasteiger partial charge in [-0.2, -0.15) is 4.98 Å². The van der Waals surface area contributed by atoms with Crippen molar-refractivity contribution in [2.24, 2.45) is 0 Å². The summed E-state index contributed by atoms with van der Waals surface area (Å²) < 4.78 is 46.1. The zero-order chi connectivity index (χ0) is 27.5. The van der Waals surface area contributed by atoms with E-state index in [1.165, 1.54) is 25.6 Å². The third-order valence-corrected chi connectivity index (χ3v) is 6.12. The molecule has 0 amide bonds. The Kier molecular flexibility index (Phi) is 9.38. The average Bonchev–Trinajstić information content (AvgIpc) is 2.96. The Morgan fingerprint density at radius 3 is 2.33 bits per heavy atom. The number of aliphatic hydroxyl groups excluding tert-OH is 1. The van der Waals surface area contributed by atoms with E-state index in [1.54, 1.807) is 54.6 Å². The van der Waals surface area contributed by atoms with Gasteiger partial charge in [-0.15, -0.1) is 0 Å². The van der Waals surface area contributed by atoms with E-state index in [1.807, 2.05) is 6.07 Å². The lowest BCUT2D eigenvalue weighted by molar-refractivity contribution is 0.244. The number of aliphatic hydroxyl groups is 1. The topological polar surface area (TPSA) is 146 Å². The molecule has 0 fully saturated rings. The fourth-order valence-corrected chi connectivity index (χ4v) is 4.11. The summed E-state index contributed by atoms with van der Waals surface area (Å²) in [6.45, 7) is 0.175. The van der Waals surface area contributed by atoms with Crippen LogP contribution in [0.15, 0.2) is 78.5 Å². The van der Waals surface area contributed by atoms with Crippen LogP contribution in [0.4, 0.5) is 5.82 Å². The highest BCUT2D eigenvalue weighted by Gasteiger charge is 2.24. The number of unbranched alkanes of at least 4 members (excludes halogenated alkanes) is 1. The first-order valence-corrected chi connectivity index (χ1v) is 13.5. The maximum Gasteiger partial charge on any atom is 0.263 e. The summed E-state index contributed by atoms with van der Waals surface area (Å²) in [6, 6.07) is 17.5. The molecule has 12 heteroatoms. The van der Waals surface area contributed by atoms with E-state index in [0.717, 1.165) is 5.41 Å². The third kappa shape index (κ3) is 7.72. The van der Waals surface area contributed by atoms with E-state index in [2.05, 4.69) is 24.7 Å². The highest BCUT2D eigenvalue weighted by Crippen LogP contribution is 2.41. The van der Waals surface area contributed by atoms with E-state index < -0.39 is 10.0 Å². The molecule has 4 rings (SSSR count). The van der Waals surface area contributed by atoms with Crippen LogP contribution in [0.1, 0.15) is 18.4 Å². The molecule has 0 saturated carbocycles. The molecule has 0 bridgehead atoms. The standard InChI is InChI=1S/C27H27N5O6S/c1-36-21-12-5-6-13-22(21)38-23-24(32-39(34,35)19-14-20-10-3-2-4-11-20)30-26(25-28-15-9-16-29-25)31-27(23)37-18-8-7-17-33/h2-6,9-16,19,33H,7-8,17-18H2,1H3,(H,30,31,32)/b19-14+. The molecule has 0 saturated heterocycles. The molecule has 0 radical (unpaired) electrons. The predicted octanol–water partition coefficient (Wildman–Crippen LogP) is 4.30. The van der Waals surface area contributed by atoms with Crippen molar-refractivity contribution in [1.82, 2.24) is 19.9 Å². The van der Waals surface area contributed by atoms with Crippen molar-refractivity contribution >= 4 is 21.9 Å². The Morgan fingerprint density at radius 2 is 1.62 bits per heavy atom. The maximum atomic E-state index is 13.1. The summed E-state index contributed by atoms with van der Waals surface area (Å²) in [5.41, 5.74) is 0.697. The Bertz CT molecular complexity index is 1500. The normalized spacial score (nSPS) is 11.3.